The molecule has 1 aromatic carbocycles. The van der Waals surface area contributed by atoms with Crippen molar-refractivity contribution in [1.29, 1.82) is 0 Å². The molecule has 1 unspecified atom stereocenters. The molecular formula is C12H18FNO3S. The van der Waals surface area contributed by atoms with E-state index in [4.69, 9.17) is 5.11 Å². The van der Waals surface area contributed by atoms with Gasteiger partial charge in [-0.15, -0.1) is 0 Å². The second kappa shape index (κ2) is 5.77. The van der Waals surface area contributed by atoms with Gasteiger partial charge in [0.15, 0.2) is 0 Å². The number of halogens is 1. The molecule has 1 aromatic rings. The average molecular weight is 275 g/mol. The number of hydrogen-bond acceptors (Lipinski definition) is 3. The lowest BCUT2D eigenvalue weighted by molar-refractivity contribution is 0.281. The molecule has 1 rings (SSSR count). The van der Waals surface area contributed by atoms with Crippen LogP contribution in [0.3, 0.4) is 0 Å². The number of sulfonamides is 1. The van der Waals surface area contributed by atoms with Crippen LogP contribution < -0.4 is 0 Å². The van der Waals surface area contributed by atoms with E-state index in [1.54, 1.807) is 6.92 Å². The van der Waals surface area contributed by atoms with Crippen molar-refractivity contribution in [3.63, 3.8) is 0 Å². The number of nitrogens with zero attached hydrogens (tertiary/aromatic N) is 1. The molecule has 0 bridgehead atoms. The molecule has 0 saturated carbocycles. The Morgan fingerprint density at radius 2 is 2.06 bits per heavy atom. The zero-order valence-corrected chi connectivity index (χ0v) is 11.5. The molecule has 1 N–H and O–H groups in total. The van der Waals surface area contributed by atoms with Crippen molar-refractivity contribution in [2.75, 3.05) is 7.05 Å². The van der Waals surface area contributed by atoms with E-state index in [1.807, 2.05) is 6.92 Å². The molecule has 0 spiro atoms. The molecule has 0 amide bonds. The van der Waals surface area contributed by atoms with Crippen molar-refractivity contribution in [1.82, 2.24) is 4.31 Å². The summed E-state index contributed by atoms with van der Waals surface area (Å²) in [6.07, 6.45) is 0.636. The van der Waals surface area contributed by atoms with Crippen LogP contribution in [0.2, 0.25) is 0 Å². The minimum atomic E-state index is -3.87. The summed E-state index contributed by atoms with van der Waals surface area (Å²) >= 11 is 0. The van der Waals surface area contributed by atoms with Crippen LogP contribution in [-0.2, 0) is 16.6 Å². The second-order valence-corrected chi connectivity index (χ2v) is 6.17. The molecule has 0 aliphatic heterocycles. The predicted octanol–water partition coefficient (Wildman–Crippen LogP) is 1.74. The SMILES string of the molecule is CCC(C)N(C)S(=O)(=O)c1cc(CO)ccc1F. The standard InChI is InChI=1S/C12H18FNO3S/c1-4-9(2)14(3)18(16,17)12-7-10(8-15)5-6-11(12)13/h5-7,9,15H,4,8H2,1-3H3. The Morgan fingerprint density at radius 1 is 1.44 bits per heavy atom. The number of benzene rings is 1. The summed E-state index contributed by atoms with van der Waals surface area (Å²) in [6.45, 7) is 3.29. The van der Waals surface area contributed by atoms with E-state index in [0.29, 0.717) is 12.0 Å². The number of aliphatic hydroxyl groups is 1. The maximum atomic E-state index is 13.6. The minimum Gasteiger partial charge on any atom is -0.392 e. The van der Waals surface area contributed by atoms with Crippen LogP contribution in [0.4, 0.5) is 4.39 Å². The summed E-state index contributed by atoms with van der Waals surface area (Å²) in [5, 5.41) is 8.98. The lowest BCUT2D eigenvalue weighted by atomic mass is 10.2. The van der Waals surface area contributed by atoms with Crippen LogP contribution in [0.15, 0.2) is 23.1 Å². The molecule has 0 aliphatic carbocycles. The molecule has 4 nitrogen and oxygen atoms in total. The third-order valence-electron chi connectivity index (χ3n) is 3.05. The Morgan fingerprint density at radius 3 is 2.56 bits per heavy atom. The summed E-state index contributed by atoms with van der Waals surface area (Å²) in [5.74, 6) is -0.803. The topological polar surface area (TPSA) is 57.6 Å². The van der Waals surface area contributed by atoms with Gasteiger partial charge < -0.3 is 5.11 Å². The first-order valence-electron chi connectivity index (χ1n) is 5.71. The van der Waals surface area contributed by atoms with Gasteiger partial charge in [0.05, 0.1) is 6.61 Å². The Labute approximate surface area is 107 Å². The molecule has 0 heterocycles. The second-order valence-electron chi connectivity index (χ2n) is 4.20. The van der Waals surface area contributed by atoms with Crippen molar-refractivity contribution >= 4 is 10.0 Å². The Hall–Kier alpha value is -0.980. The van der Waals surface area contributed by atoms with Crippen molar-refractivity contribution < 1.29 is 17.9 Å². The van der Waals surface area contributed by atoms with E-state index >= 15 is 0 Å². The summed E-state index contributed by atoms with van der Waals surface area (Å²) in [4.78, 5) is -0.392. The predicted molar refractivity (Wildman–Crippen MR) is 67.0 cm³/mol. The van der Waals surface area contributed by atoms with Gasteiger partial charge in [-0.25, -0.2) is 12.8 Å². The molecule has 0 aromatic heterocycles. The zero-order chi connectivity index (χ0) is 13.9. The molecule has 0 saturated heterocycles. The van der Waals surface area contributed by atoms with Gasteiger partial charge >= 0.3 is 0 Å². The Balaban J connectivity index is 3.27. The fourth-order valence-electron chi connectivity index (χ4n) is 1.49. The molecule has 6 heteroatoms. The summed E-state index contributed by atoms with van der Waals surface area (Å²) in [5.41, 5.74) is 0.368. The summed E-state index contributed by atoms with van der Waals surface area (Å²) < 4.78 is 39.2. The van der Waals surface area contributed by atoms with Gasteiger partial charge in [-0.1, -0.05) is 13.0 Å². The third-order valence-corrected chi connectivity index (χ3v) is 5.03. The first-order chi connectivity index (χ1) is 8.34. The van der Waals surface area contributed by atoms with Gasteiger partial charge in [-0.2, -0.15) is 4.31 Å². The van der Waals surface area contributed by atoms with Crippen LogP contribution in [-0.4, -0.2) is 30.9 Å². The number of aliphatic hydroxyl groups excluding tert-OH is 1. The van der Waals surface area contributed by atoms with Gasteiger partial charge in [0.2, 0.25) is 10.0 Å². The van der Waals surface area contributed by atoms with E-state index in [2.05, 4.69) is 0 Å². The maximum absolute atomic E-state index is 13.6. The molecule has 102 valence electrons. The van der Waals surface area contributed by atoms with E-state index in [1.165, 1.54) is 19.2 Å². The van der Waals surface area contributed by atoms with Crippen molar-refractivity contribution in [3.05, 3.63) is 29.6 Å². The van der Waals surface area contributed by atoms with Crippen LogP contribution in [0.25, 0.3) is 0 Å². The van der Waals surface area contributed by atoms with Crippen LogP contribution >= 0.6 is 0 Å². The Bertz CT molecular complexity index is 516. The van der Waals surface area contributed by atoms with E-state index in [-0.39, 0.29) is 12.6 Å². The van der Waals surface area contributed by atoms with Gasteiger partial charge in [-0.3, -0.25) is 0 Å². The van der Waals surface area contributed by atoms with E-state index in [9.17, 15) is 12.8 Å². The van der Waals surface area contributed by atoms with Gasteiger partial charge in [-0.05, 0) is 31.0 Å². The highest BCUT2D eigenvalue weighted by Gasteiger charge is 2.27. The zero-order valence-electron chi connectivity index (χ0n) is 10.7. The highest BCUT2D eigenvalue weighted by Crippen LogP contribution is 2.22. The minimum absolute atomic E-state index is 0.216. The molecule has 1 atom stereocenters. The number of rotatable bonds is 5. The fraction of sp³-hybridized carbons (Fsp3) is 0.500. The quantitative estimate of drug-likeness (QED) is 0.890. The average Bonchev–Trinajstić information content (AvgIpc) is 2.37. The smallest absolute Gasteiger partial charge is 0.245 e. The maximum Gasteiger partial charge on any atom is 0.245 e. The highest BCUT2D eigenvalue weighted by atomic mass is 32.2. The first-order valence-corrected chi connectivity index (χ1v) is 7.16. The van der Waals surface area contributed by atoms with Crippen molar-refractivity contribution in [3.8, 4) is 0 Å². The summed E-state index contributed by atoms with van der Waals surface area (Å²) in [6, 6.07) is 3.37. The molecule has 0 fully saturated rings. The van der Waals surface area contributed by atoms with Gasteiger partial charge in [0, 0.05) is 13.1 Å². The van der Waals surface area contributed by atoms with E-state index in [0.717, 1.165) is 10.4 Å². The molecular weight excluding hydrogens is 257 g/mol. The highest BCUT2D eigenvalue weighted by molar-refractivity contribution is 7.89. The molecule has 18 heavy (non-hydrogen) atoms. The van der Waals surface area contributed by atoms with Crippen LogP contribution in [0, 0.1) is 5.82 Å². The Kier molecular flexibility index (Phi) is 4.84. The lowest BCUT2D eigenvalue weighted by Crippen LogP contribution is -2.35. The summed E-state index contributed by atoms with van der Waals surface area (Å²) in [7, 11) is -2.44. The molecule has 0 aliphatic rings. The van der Waals surface area contributed by atoms with Crippen molar-refractivity contribution in [2.24, 2.45) is 0 Å². The normalized spacial score (nSPS) is 13.9. The van der Waals surface area contributed by atoms with Crippen LogP contribution in [0.5, 0.6) is 0 Å². The largest absolute Gasteiger partial charge is 0.392 e. The monoisotopic (exact) mass is 275 g/mol. The first kappa shape index (κ1) is 15.1. The lowest BCUT2D eigenvalue weighted by Gasteiger charge is -2.23. The van der Waals surface area contributed by atoms with E-state index < -0.39 is 20.7 Å². The number of hydrogen-bond donors (Lipinski definition) is 1. The third kappa shape index (κ3) is 2.88. The van der Waals surface area contributed by atoms with Gasteiger partial charge in [0.1, 0.15) is 10.7 Å². The van der Waals surface area contributed by atoms with Crippen LogP contribution in [0.1, 0.15) is 25.8 Å². The molecule has 0 radical (unpaired) electrons. The fourth-order valence-corrected chi connectivity index (χ4v) is 3.04. The van der Waals surface area contributed by atoms with Crippen molar-refractivity contribution in [2.45, 2.75) is 37.8 Å². The van der Waals surface area contributed by atoms with Gasteiger partial charge in [0.25, 0.3) is 0 Å².